The predicted molar refractivity (Wildman–Crippen MR) is 96.5 cm³/mol. The third-order valence-corrected chi connectivity index (χ3v) is 4.07. The Hall–Kier alpha value is -2.01. The number of ether oxygens (including phenoxy) is 1. The molecule has 1 amide bonds. The Bertz CT molecular complexity index is 671. The van der Waals surface area contributed by atoms with E-state index in [0.29, 0.717) is 12.3 Å². The maximum absolute atomic E-state index is 12.1. The quantitative estimate of drug-likeness (QED) is 0.758. The average Bonchev–Trinajstić information content (AvgIpc) is 2.51. The molecule has 0 aromatic heterocycles. The minimum atomic E-state index is -0.555. The monoisotopic (exact) mass is 376 g/mol. The van der Waals surface area contributed by atoms with Crippen LogP contribution in [0, 0.1) is 6.92 Å². The molecular weight excluding hydrogens is 356 g/mol. The fraction of sp³-hybridized carbons (Fsp3) is 0.278. The van der Waals surface area contributed by atoms with E-state index >= 15 is 0 Å². The summed E-state index contributed by atoms with van der Waals surface area (Å²) < 4.78 is 6.55. The zero-order valence-corrected chi connectivity index (χ0v) is 14.9. The van der Waals surface area contributed by atoms with Gasteiger partial charge in [-0.2, -0.15) is 0 Å². The van der Waals surface area contributed by atoms with Crippen molar-refractivity contribution in [1.29, 1.82) is 0 Å². The van der Waals surface area contributed by atoms with E-state index in [1.165, 1.54) is 0 Å². The molecule has 3 N–H and O–H groups in total. The molecule has 0 spiro atoms. The second-order valence-electron chi connectivity index (χ2n) is 5.48. The summed E-state index contributed by atoms with van der Waals surface area (Å²) in [7, 11) is 0. The van der Waals surface area contributed by atoms with E-state index < -0.39 is 6.10 Å². The van der Waals surface area contributed by atoms with Crippen molar-refractivity contribution in [3.8, 4) is 5.75 Å². The molecule has 1 unspecified atom stereocenters. The van der Waals surface area contributed by atoms with Crippen molar-refractivity contribution in [2.75, 3.05) is 12.3 Å². The number of amides is 1. The van der Waals surface area contributed by atoms with Crippen molar-refractivity contribution in [1.82, 2.24) is 5.32 Å². The summed E-state index contributed by atoms with van der Waals surface area (Å²) >= 11 is 3.45. The molecule has 4 nitrogen and oxygen atoms in total. The second kappa shape index (κ2) is 8.02. The van der Waals surface area contributed by atoms with Crippen LogP contribution in [0.15, 0.2) is 46.9 Å². The molecule has 23 heavy (non-hydrogen) atoms. The number of aryl methyl sites for hydroxylation is 1. The molecule has 5 heteroatoms. The van der Waals surface area contributed by atoms with Crippen LogP contribution in [0.3, 0.4) is 0 Å². The Labute approximate surface area is 145 Å². The van der Waals surface area contributed by atoms with Crippen LogP contribution in [0.5, 0.6) is 5.75 Å². The van der Waals surface area contributed by atoms with Gasteiger partial charge in [0.25, 0.3) is 5.91 Å². The molecule has 0 radical (unpaired) electrons. The Kier molecular flexibility index (Phi) is 6.04. The first-order chi connectivity index (χ1) is 11.0. The first-order valence-corrected chi connectivity index (χ1v) is 8.30. The van der Waals surface area contributed by atoms with Gasteiger partial charge in [-0.25, -0.2) is 0 Å². The Morgan fingerprint density at radius 3 is 2.61 bits per heavy atom. The number of nitrogen functional groups attached to an aromatic ring is 1. The highest BCUT2D eigenvalue weighted by molar-refractivity contribution is 9.10. The lowest BCUT2D eigenvalue weighted by Crippen LogP contribution is -2.37. The van der Waals surface area contributed by atoms with E-state index in [2.05, 4.69) is 21.2 Å². The van der Waals surface area contributed by atoms with Gasteiger partial charge < -0.3 is 15.8 Å². The maximum Gasteiger partial charge on any atom is 0.260 e. The first-order valence-electron chi connectivity index (χ1n) is 7.50. The van der Waals surface area contributed by atoms with Crippen LogP contribution in [0.25, 0.3) is 0 Å². The summed E-state index contributed by atoms with van der Waals surface area (Å²) in [6, 6.07) is 13.4. The zero-order chi connectivity index (χ0) is 16.8. The second-order valence-corrected chi connectivity index (χ2v) is 6.33. The largest absolute Gasteiger partial charge is 0.480 e. The van der Waals surface area contributed by atoms with Crippen LogP contribution >= 0.6 is 15.9 Å². The Balaban J connectivity index is 1.81. The van der Waals surface area contributed by atoms with Crippen molar-refractivity contribution in [3.63, 3.8) is 0 Å². The van der Waals surface area contributed by atoms with E-state index in [1.807, 2.05) is 49.4 Å². The highest BCUT2D eigenvalue weighted by Crippen LogP contribution is 2.26. The third-order valence-electron chi connectivity index (χ3n) is 3.45. The summed E-state index contributed by atoms with van der Waals surface area (Å²) in [6.45, 7) is 4.30. The van der Waals surface area contributed by atoms with Gasteiger partial charge in [-0.05, 0) is 71.6 Å². The van der Waals surface area contributed by atoms with E-state index in [4.69, 9.17) is 10.5 Å². The van der Waals surface area contributed by atoms with Gasteiger partial charge in [0.2, 0.25) is 0 Å². The maximum atomic E-state index is 12.1. The summed E-state index contributed by atoms with van der Waals surface area (Å²) in [6.07, 6.45) is 0.202. The number of rotatable bonds is 6. The summed E-state index contributed by atoms with van der Waals surface area (Å²) in [5.74, 6) is 0.532. The van der Waals surface area contributed by atoms with E-state index in [0.717, 1.165) is 27.7 Å². The van der Waals surface area contributed by atoms with Gasteiger partial charge in [0, 0.05) is 12.2 Å². The molecule has 122 valence electrons. The summed E-state index contributed by atoms with van der Waals surface area (Å²) in [5.41, 5.74) is 8.65. The fourth-order valence-corrected chi connectivity index (χ4v) is 2.69. The molecular formula is C18H21BrN2O2. The fourth-order valence-electron chi connectivity index (χ4n) is 2.10. The molecule has 2 aromatic carbocycles. The molecule has 0 heterocycles. The summed E-state index contributed by atoms with van der Waals surface area (Å²) in [5, 5.41) is 2.89. The lowest BCUT2D eigenvalue weighted by atomic mass is 10.1. The molecule has 0 aliphatic carbocycles. The van der Waals surface area contributed by atoms with Crippen LogP contribution in [-0.2, 0) is 11.2 Å². The standard InChI is InChI=1S/C18H21BrN2O2/c1-12-3-8-17(16(19)11-12)23-13(2)18(22)21-10-9-14-4-6-15(20)7-5-14/h3-8,11,13H,9-10,20H2,1-2H3,(H,21,22). The van der Waals surface area contributed by atoms with Gasteiger partial charge in [0.1, 0.15) is 5.75 Å². The topological polar surface area (TPSA) is 64.3 Å². The molecule has 0 saturated heterocycles. The molecule has 1 atom stereocenters. The highest BCUT2D eigenvalue weighted by atomic mass is 79.9. The van der Waals surface area contributed by atoms with Crippen molar-refractivity contribution in [2.45, 2.75) is 26.4 Å². The number of halogens is 1. The zero-order valence-electron chi connectivity index (χ0n) is 13.3. The van der Waals surface area contributed by atoms with Gasteiger partial charge in [-0.3, -0.25) is 4.79 Å². The van der Waals surface area contributed by atoms with E-state index in [9.17, 15) is 4.79 Å². The molecule has 2 rings (SSSR count). The SMILES string of the molecule is Cc1ccc(OC(C)C(=O)NCCc2ccc(N)cc2)c(Br)c1. The molecule has 0 fully saturated rings. The normalized spacial score (nSPS) is 11.8. The third kappa shape index (κ3) is 5.28. The molecule has 0 bridgehead atoms. The number of carbonyl (C=O) groups excluding carboxylic acids is 1. The first kappa shape index (κ1) is 17.3. The van der Waals surface area contributed by atoms with Crippen molar-refractivity contribution in [3.05, 3.63) is 58.1 Å². The van der Waals surface area contributed by atoms with Crippen LogP contribution in [0.2, 0.25) is 0 Å². The Morgan fingerprint density at radius 1 is 1.26 bits per heavy atom. The molecule has 0 aliphatic rings. The molecule has 0 aliphatic heterocycles. The van der Waals surface area contributed by atoms with Crippen molar-refractivity contribution >= 4 is 27.5 Å². The minimum absolute atomic E-state index is 0.132. The van der Waals surface area contributed by atoms with E-state index in [-0.39, 0.29) is 5.91 Å². The predicted octanol–water partition coefficient (Wildman–Crippen LogP) is 3.47. The smallest absolute Gasteiger partial charge is 0.260 e. The lowest BCUT2D eigenvalue weighted by molar-refractivity contribution is -0.127. The van der Waals surface area contributed by atoms with E-state index in [1.54, 1.807) is 6.92 Å². The average molecular weight is 377 g/mol. The lowest BCUT2D eigenvalue weighted by Gasteiger charge is -2.16. The van der Waals surface area contributed by atoms with Crippen molar-refractivity contribution < 1.29 is 9.53 Å². The van der Waals surface area contributed by atoms with Crippen LogP contribution in [0.4, 0.5) is 5.69 Å². The van der Waals surface area contributed by atoms with Gasteiger partial charge in [0.05, 0.1) is 4.47 Å². The number of anilines is 1. The number of nitrogens with two attached hydrogens (primary N) is 1. The Morgan fingerprint density at radius 2 is 1.96 bits per heavy atom. The molecule has 2 aromatic rings. The number of benzene rings is 2. The van der Waals surface area contributed by atoms with Crippen LogP contribution < -0.4 is 15.8 Å². The number of hydrogen-bond acceptors (Lipinski definition) is 3. The van der Waals surface area contributed by atoms with Gasteiger partial charge >= 0.3 is 0 Å². The van der Waals surface area contributed by atoms with Crippen LogP contribution in [0.1, 0.15) is 18.1 Å². The summed E-state index contributed by atoms with van der Waals surface area (Å²) in [4.78, 5) is 12.1. The number of hydrogen-bond donors (Lipinski definition) is 2. The number of carbonyl (C=O) groups is 1. The van der Waals surface area contributed by atoms with Crippen LogP contribution in [-0.4, -0.2) is 18.6 Å². The van der Waals surface area contributed by atoms with Crippen molar-refractivity contribution in [2.24, 2.45) is 0 Å². The minimum Gasteiger partial charge on any atom is -0.480 e. The van der Waals surface area contributed by atoms with Gasteiger partial charge in [0.15, 0.2) is 6.10 Å². The van der Waals surface area contributed by atoms with Gasteiger partial charge in [-0.15, -0.1) is 0 Å². The molecule has 0 saturated carbocycles. The number of nitrogens with one attached hydrogen (secondary N) is 1. The van der Waals surface area contributed by atoms with Gasteiger partial charge in [-0.1, -0.05) is 18.2 Å². The highest BCUT2D eigenvalue weighted by Gasteiger charge is 2.15.